The van der Waals surface area contributed by atoms with Gasteiger partial charge in [0, 0.05) is 31.3 Å². The lowest BCUT2D eigenvalue weighted by Crippen LogP contribution is -2.39. The van der Waals surface area contributed by atoms with E-state index in [4.69, 9.17) is 9.47 Å². The fraction of sp³-hybridized carbons (Fsp3) is 0.333. The maximum Gasteiger partial charge on any atom is 0.418 e. The summed E-state index contributed by atoms with van der Waals surface area (Å²) in [7, 11) is 1.42. The van der Waals surface area contributed by atoms with Crippen molar-refractivity contribution in [3.63, 3.8) is 0 Å². The Morgan fingerprint density at radius 2 is 1.97 bits per heavy atom. The Bertz CT molecular complexity index is 1050. The van der Waals surface area contributed by atoms with Gasteiger partial charge in [0.2, 0.25) is 5.88 Å². The number of carbonyl (C=O) groups excluding carboxylic acids is 1. The predicted octanol–water partition coefficient (Wildman–Crippen LogP) is 4.80. The number of hydrogen-bond acceptors (Lipinski definition) is 5. The minimum atomic E-state index is -4.58. The van der Waals surface area contributed by atoms with Gasteiger partial charge in [-0.05, 0) is 5.56 Å². The van der Waals surface area contributed by atoms with Crippen molar-refractivity contribution >= 4 is 27.5 Å². The van der Waals surface area contributed by atoms with Gasteiger partial charge in [0.1, 0.15) is 6.10 Å². The molecule has 1 aliphatic carbocycles. The van der Waals surface area contributed by atoms with E-state index in [0.717, 1.165) is 23.0 Å². The summed E-state index contributed by atoms with van der Waals surface area (Å²) >= 11 is 0.844. The molecule has 1 N–H and O–H groups in total. The predicted molar refractivity (Wildman–Crippen MR) is 107 cm³/mol. The van der Waals surface area contributed by atoms with Crippen LogP contribution in [0, 0.1) is 0 Å². The Morgan fingerprint density at radius 1 is 1.23 bits per heavy atom. The normalized spacial score (nSPS) is 18.8. The number of ether oxygens (including phenoxy) is 2. The number of benzene rings is 1. The zero-order valence-electron chi connectivity index (χ0n) is 16.0. The summed E-state index contributed by atoms with van der Waals surface area (Å²) in [5.41, 5.74) is 0.313. The summed E-state index contributed by atoms with van der Waals surface area (Å²) in [5, 5.41) is 3.80. The molecule has 1 aromatic carbocycles. The quantitative estimate of drug-likeness (QED) is 0.603. The highest BCUT2D eigenvalue weighted by molar-refractivity contribution is 7.17. The van der Waals surface area contributed by atoms with Crippen LogP contribution in [0.25, 0.3) is 10.2 Å². The topological polar surface area (TPSA) is 60.5 Å². The summed E-state index contributed by atoms with van der Waals surface area (Å²) in [6.45, 7) is 0.477. The van der Waals surface area contributed by atoms with Crippen LogP contribution in [0.2, 0.25) is 0 Å². The van der Waals surface area contributed by atoms with Crippen LogP contribution < -0.4 is 10.1 Å². The van der Waals surface area contributed by atoms with E-state index in [-0.39, 0.29) is 33.9 Å². The van der Waals surface area contributed by atoms with Crippen LogP contribution in [0.15, 0.2) is 41.8 Å². The number of alkyl halides is 3. The Labute approximate surface area is 174 Å². The molecule has 5 nitrogen and oxygen atoms in total. The average molecular weight is 436 g/mol. The Hall–Kier alpha value is -2.65. The van der Waals surface area contributed by atoms with Crippen molar-refractivity contribution in [2.45, 2.75) is 37.8 Å². The minimum absolute atomic E-state index is 0.000348. The lowest BCUT2D eigenvalue weighted by Gasteiger charge is -2.34. The zero-order chi connectivity index (χ0) is 21.3. The number of rotatable bonds is 6. The van der Waals surface area contributed by atoms with Crippen molar-refractivity contribution in [2.24, 2.45) is 0 Å². The van der Waals surface area contributed by atoms with E-state index in [1.165, 1.54) is 12.4 Å². The molecule has 4 rings (SSSR count). The van der Waals surface area contributed by atoms with E-state index >= 15 is 0 Å². The van der Waals surface area contributed by atoms with Crippen LogP contribution in [0.4, 0.5) is 13.2 Å². The standard InChI is InChI=1S/C21H19F3N2O3S/c1-25-20(27)15-11-30-19-16(21(22,23)24)9-17(26-18(15)19)29-14-7-13(8-14)28-10-12-5-3-2-4-6-12/h2-6,9,11,13-14H,7-8,10H2,1H3,(H,25,27). The third-order valence-corrected chi connectivity index (χ3v) is 5.95. The number of amides is 1. The van der Waals surface area contributed by atoms with Gasteiger partial charge < -0.3 is 14.8 Å². The number of nitrogens with one attached hydrogen (secondary N) is 1. The molecule has 0 radical (unpaired) electrons. The number of halogens is 3. The van der Waals surface area contributed by atoms with Crippen LogP contribution >= 0.6 is 11.3 Å². The molecule has 1 saturated carbocycles. The number of carbonyl (C=O) groups is 1. The van der Waals surface area contributed by atoms with Gasteiger partial charge in [-0.25, -0.2) is 4.98 Å². The average Bonchev–Trinajstić information content (AvgIpc) is 3.12. The highest BCUT2D eigenvalue weighted by atomic mass is 32.1. The number of thiophene rings is 1. The van der Waals surface area contributed by atoms with Gasteiger partial charge in [-0.3, -0.25) is 4.79 Å². The second kappa shape index (κ2) is 8.23. The molecule has 2 heterocycles. The third kappa shape index (κ3) is 4.27. The zero-order valence-corrected chi connectivity index (χ0v) is 16.8. The third-order valence-electron chi connectivity index (χ3n) is 4.94. The molecule has 30 heavy (non-hydrogen) atoms. The number of nitrogens with zero attached hydrogens (tertiary/aromatic N) is 1. The van der Waals surface area contributed by atoms with E-state index in [2.05, 4.69) is 10.3 Å². The van der Waals surface area contributed by atoms with Gasteiger partial charge in [-0.1, -0.05) is 30.3 Å². The summed E-state index contributed by atoms with van der Waals surface area (Å²) in [6, 6.07) is 10.6. The molecule has 0 saturated heterocycles. The number of aromatic nitrogens is 1. The summed E-state index contributed by atoms with van der Waals surface area (Å²) in [6.07, 6.45) is -3.73. The SMILES string of the molecule is CNC(=O)c1csc2c(C(F)(F)F)cc(OC3CC(OCc4ccccc4)C3)nc12. The highest BCUT2D eigenvalue weighted by Crippen LogP contribution is 2.41. The van der Waals surface area contributed by atoms with Crippen molar-refractivity contribution < 1.29 is 27.4 Å². The first-order valence-corrected chi connectivity index (χ1v) is 10.3. The lowest BCUT2D eigenvalue weighted by molar-refractivity contribution is -0.136. The van der Waals surface area contributed by atoms with Crippen LogP contribution in [-0.4, -0.2) is 30.1 Å². The second-order valence-electron chi connectivity index (χ2n) is 7.04. The molecule has 1 fully saturated rings. The van der Waals surface area contributed by atoms with Crippen molar-refractivity contribution in [3.8, 4) is 5.88 Å². The smallest absolute Gasteiger partial charge is 0.418 e. The molecule has 9 heteroatoms. The number of fused-ring (bicyclic) bond motifs is 1. The van der Waals surface area contributed by atoms with E-state index in [1.807, 2.05) is 30.3 Å². The minimum Gasteiger partial charge on any atom is -0.474 e. The van der Waals surface area contributed by atoms with Gasteiger partial charge in [0.05, 0.1) is 34.1 Å². The van der Waals surface area contributed by atoms with Gasteiger partial charge in [-0.15, -0.1) is 11.3 Å². The van der Waals surface area contributed by atoms with Crippen LogP contribution in [0.1, 0.15) is 34.3 Å². The van der Waals surface area contributed by atoms with Crippen molar-refractivity contribution in [3.05, 3.63) is 58.5 Å². The Kier molecular flexibility index (Phi) is 5.66. The van der Waals surface area contributed by atoms with E-state index in [9.17, 15) is 18.0 Å². The van der Waals surface area contributed by atoms with Gasteiger partial charge >= 0.3 is 6.18 Å². The molecule has 0 unspecified atom stereocenters. The van der Waals surface area contributed by atoms with Crippen LogP contribution in [-0.2, 0) is 17.5 Å². The molecule has 0 bridgehead atoms. The molecule has 1 aliphatic rings. The van der Waals surface area contributed by atoms with Crippen LogP contribution in [0.3, 0.4) is 0 Å². The van der Waals surface area contributed by atoms with Gasteiger partial charge in [0.25, 0.3) is 5.91 Å². The lowest BCUT2D eigenvalue weighted by atomic mass is 9.92. The fourth-order valence-corrected chi connectivity index (χ4v) is 4.28. The van der Waals surface area contributed by atoms with E-state index in [0.29, 0.717) is 19.4 Å². The summed E-state index contributed by atoms with van der Waals surface area (Å²) in [4.78, 5) is 16.2. The molecule has 0 atom stereocenters. The molecule has 2 aromatic heterocycles. The van der Waals surface area contributed by atoms with E-state index < -0.39 is 17.6 Å². The first-order chi connectivity index (χ1) is 14.3. The second-order valence-corrected chi connectivity index (χ2v) is 7.92. The van der Waals surface area contributed by atoms with E-state index in [1.54, 1.807) is 0 Å². The van der Waals surface area contributed by atoms with Gasteiger partial charge in [-0.2, -0.15) is 13.2 Å². The van der Waals surface area contributed by atoms with Crippen molar-refractivity contribution in [1.29, 1.82) is 0 Å². The largest absolute Gasteiger partial charge is 0.474 e. The first kappa shape index (κ1) is 20.6. The Balaban J connectivity index is 1.47. The number of pyridine rings is 1. The fourth-order valence-electron chi connectivity index (χ4n) is 3.26. The Morgan fingerprint density at radius 3 is 2.63 bits per heavy atom. The van der Waals surface area contributed by atoms with Crippen LogP contribution in [0.5, 0.6) is 5.88 Å². The molecule has 3 aromatic rings. The van der Waals surface area contributed by atoms with Crippen molar-refractivity contribution in [1.82, 2.24) is 10.3 Å². The summed E-state index contributed by atoms with van der Waals surface area (Å²) in [5.74, 6) is -0.623. The molecule has 0 spiro atoms. The maximum absolute atomic E-state index is 13.5. The monoisotopic (exact) mass is 436 g/mol. The van der Waals surface area contributed by atoms with Gasteiger partial charge in [0.15, 0.2) is 0 Å². The van der Waals surface area contributed by atoms with Crippen molar-refractivity contribution in [2.75, 3.05) is 7.05 Å². The molecular formula is C21H19F3N2O3S. The highest BCUT2D eigenvalue weighted by Gasteiger charge is 2.37. The number of hydrogen-bond donors (Lipinski definition) is 1. The molecular weight excluding hydrogens is 417 g/mol. The summed E-state index contributed by atoms with van der Waals surface area (Å²) < 4.78 is 52.1. The maximum atomic E-state index is 13.5. The molecule has 0 aliphatic heterocycles. The first-order valence-electron chi connectivity index (χ1n) is 9.39. The molecule has 158 valence electrons. The molecule has 1 amide bonds.